The Kier molecular flexibility index (Phi) is 3.13. The Bertz CT molecular complexity index is 575. The number of hydrogen-bond acceptors (Lipinski definition) is 3. The van der Waals surface area contributed by atoms with E-state index in [-0.39, 0.29) is 11.4 Å². The third kappa shape index (κ3) is 2.90. The lowest BCUT2D eigenvalue weighted by Gasteiger charge is -2.19. The van der Waals surface area contributed by atoms with Crippen molar-refractivity contribution in [2.24, 2.45) is 0 Å². The van der Waals surface area contributed by atoms with Gasteiger partial charge in [0.15, 0.2) is 0 Å². The zero-order chi connectivity index (χ0) is 13.3. The van der Waals surface area contributed by atoms with E-state index in [0.717, 1.165) is 10.9 Å². The SMILES string of the molecule is CC(C)(C)OCc1ccc2oc(C(=O)O)cc2c1. The number of carbonyl (C=O) groups is 1. The molecule has 2 aromatic rings. The molecule has 0 saturated carbocycles. The first-order valence-electron chi connectivity index (χ1n) is 5.75. The number of hydrogen-bond donors (Lipinski definition) is 1. The van der Waals surface area contributed by atoms with Crippen LogP contribution in [0.4, 0.5) is 0 Å². The second kappa shape index (κ2) is 4.46. The van der Waals surface area contributed by atoms with E-state index in [0.29, 0.717) is 12.2 Å². The number of carboxylic acids is 1. The molecule has 0 aliphatic heterocycles. The smallest absolute Gasteiger partial charge is 0.371 e. The number of benzene rings is 1. The molecular formula is C14H16O4. The van der Waals surface area contributed by atoms with E-state index in [1.165, 1.54) is 6.07 Å². The summed E-state index contributed by atoms with van der Waals surface area (Å²) < 4.78 is 10.9. The van der Waals surface area contributed by atoms with E-state index >= 15 is 0 Å². The molecular weight excluding hydrogens is 232 g/mol. The quantitative estimate of drug-likeness (QED) is 0.903. The monoisotopic (exact) mass is 248 g/mol. The van der Waals surface area contributed by atoms with Crippen molar-refractivity contribution in [1.82, 2.24) is 0 Å². The predicted molar refractivity (Wildman–Crippen MR) is 67.7 cm³/mol. The minimum atomic E-state index is -1.06. The van der Waals surface area contributed by atoms with Crippen molar-refractivity contribution in [2.75, 3.05) is 0 Å². The number of rotatable bonds is 3. The molecule has 96 valence electrons. The highest BCUT2D eigenvalue weighted by molar-refractivity contribution is 5.91. The van der Waals surface area contributed by atoms with Gasteiger partial charge in [0.2, 0.25) is 5.76 Å². The van der Waals surface area contributed by atoms with Crippen LogP contribution in [0.15, 0.2) is 28.7 Å². The lowest BCUT2D eigenvalue weighted by molar-refractivity contribution is -0.0149. The maximum absolute atomic E-state index is 10.8. The average Bonchev–Trinajstić information content (AvgIpc) is 2.68. The van der Waals surface area contributed by atoms with Gasteiger partial charge in [0, 0.05) is 5.39 Å². The van der Waals surface area contributed by atoms with Crippen molar-refractivity contribution < 1.29 is 19.1 Å². The van der Waals surface area contributed by atoms with E-state index in [4.69, 9.17) is 14.3 Å². The van der Waals surface area contributed by atoms with Gasteiger partial charge in [0.1, 0.15) is 5.58 Å². The maximum Gasteiger partial charge on any atom is 0.371 e. The minimum absolute atomic E-state index is 0.0427. The summed E-state index contributed by atoms with van der Waals surface area (Å²) in [6.45, 7) is 6.47. The van der Waals surface area contributed by atoms with Crippen LogP contribution in [0.25, 0.3) is 11.0 Å². The van der Waals surface area contributed by atoms with Crippen molar-refractivity contribution in [3.63, 3.8) is 0 Å². The topological polar surface area (TPSA) is 59.7 Å². The van der Waals surface area contributed by atoms with Crippen molar-refractivity contribution in [1.29, 1.82) is 0 Å². The summed E-state index contributed by atoms with van der Waals surface area (Å²) >= 11 is 0. The van der Waals surface area contributed by atoms with Gasteiger partial charge in [-0.3, -0.25) is 0 Å². The molecule has 0 saturated heterocycles. The molecule has 4 heteroatoms. The third-order valence-electron chi connectivity index (χ3n) is 2.46. The molecule has 0 unspecified atom stereocenters. The summed E-state index contributed by atoms with van der Waals surface area (Å²) in [7, 11) is 0. The highest BCUT2D eigenvalue weighted by Crippen LogP contribution is 2.22. The van der Waals surface area contributed by atoms with E-state index < -0.39 is 5.97 Å². The molecule has 2 rings (SSSR count). The van der Waals surface area contributed by atoms with Crippen molar-refractivity contribution in [3.05, 3.63) is 35.6 Å². The van der Waals surface area contributed by atoms with Gasteiger partial charge in [-0.1, -0.05) is 6.07 Å². The Balaban J connectivity index is 2.24. The van der Waals surface area contributed by atoms with Crippen LogP contribution in [-0.4, -0.2) is 16.7 Å². The molecule has 1 heterocycles. The molecule has 0 aliphatic carbocycles. The first-order valence-corrected chi connectivity index (χ1v) is 5.75. The molecule has 1 N–H and O–H groups in total. The van der Waals surface area contributed by atoms with E-state index in [9.17, 15) is 4.79 Å². The lowest BCUT2D eigenvalue weighted by Crippen LogP contribution is -2.18. The molecule has 4 nitrogen and oxygen atoms in total. The van der Waals surface area contributed by atoms with Crippen LogP contribution in [-0.2, 0) is 11.3 Å². The summed E-state index contributed by atoms with van der Waals surface area (Å²) in [5.41, 5.74) is 1.37. The summed E-state index contributed by atoms with van der Waals surface area (Å²) in [6, 6.07) is 7.06. The Labute approximate surface area is 105 Å². The first kappa shape index (κ1) is 12.6. The molecule has 0 amide bonds. The second-order valence-corrected chi connectivity index (χ2v) is 5.19. The summed E-state index contributed by atoms with van der Waals surface area (Å²) in [6.07, 6.45) is 0. The number of furan rings is 1. The molecule has 0 atom stereocenters. The molecule has 0 radical (unpaired) electrons. The number of fused-ring (bicyclic) bond motifs is 1. The van der Waals surface area contributed by atoms with Gasteiger partial charge in [-0.25, -0.2) is 4.79 Å². The molecule has 0 aliphatic rings. The highest BCUT2D eigenvalue weighted by Gasteiger charge is 2.12. The number of ether oxygens (including phenoxy) is 1. The van der Waals surface area contributed by atoms with E-state index in [2.05, 4.69) is 0 Å². The fraction of sp³-hybridized carbons (Fsp3) is 0.357. The minimum Gasteiger partial charge on any atom is -0.475 e. The summed E-state index contributed by atoms with van der Waals surface area (Å²) in [5.74, 6) is -1.10. The van der Waals surface area contributed by atoms with Gasteiger partial charge in [0.25, 0.3) is 0 Å². The van der Waals surface area contributed by atoms with Crippen LogP contribution in [0.3, 0.4) is 0 Å². The normalized spacial score (nSPS) is 11.9. The van der Waals surface area contributed by atoms with E-state index in [1.54, 1.807) is 6.07 Å². The number of carboxylic acid groups (broad SMARTS) is 1. The van der Waals surface area contributed by atoms with Crippen LogP contribution in [0.5, 0.6) is 0 Å². The molecule has 0 fully saturated rings. The van der Waals surface area contributed by atoms with Crippen LogP contribution < -0.4 is 0 Å². The molecule has 18 heavy (non-hydrogen) atoms. The molecule has 0 bridgehead atoms. The Hall–Kier alpha value is -1.81. The standard InChI is InChI=1S/C14H16O4/c1-14(2,3)17-8-9-4-5-11-10(6-9)7-12(18-11)13(15)16/h4-7H,8H2,1-3H3,(H,15,16). The summed E-state index contributed by atoms with van der Waals surface area (Å²) in [4.78, 5) is 10.8. The van der Waals surface area contributed by atoms with Gasteiger partial charge in [-0.2, -0.15) is 0 Å². The zero-order valence-corrected chi connectivity index (χ0v) is 10.7. The first-order chi connectivity index (χ1) is 8.35. The molecule has 1 aromatic carbocycles. The van der Waals surface area contributed by atoms with E-state index in [1.807, 2.05) is 32.9 Å². The zero-order valence-electron chi connectivity index (χ0n) is 10.7. The van der Waals surface area contributed by atoms with Gasteiger partial charge >= 0.3 is 5.97 Å². The average molecular weight is 248 g/mol. The Morgan fingerprint density at radius 1 is 1.33 bits per heavy atom. The van der Waals surface area contributed by atoms with Crippen molar-refractivity contribution >= 4 is 16.9 Å². The maximum atomic E-state index is 10.8. The van der Waals surface area contributed by atoms with Crippen LogP contribution in [0, 0.1) is 0 Å². The molecule has 0 spiro atoms. The van der Waals surface area contributed by atoms with Crippen LogP contribution >= 0.6 is 0 Å². The van der Waals surface area contributed by atoms with Crippen molar-refractivity contribution in [2.45, 2.75) is 33.0 Å². The van der Waals surface area contributed by atoms with Crippen LogP contribution in [0.2, 0.25) is 0 Å². The highest BCUT2D eigenvalue weighted by atomic mass is 16.5. The molecule has 1 aromatic heterocycles. The van der Waals surface area contributed by atoms with Crippen LogP contribution in [0.1, 0.15) is 36.9 Å². The van der Waals surface area contributed by atoms with Gasteiger partial charge in [-0.15, -0.1) is 0 Å². The second-order valence-electron chi connectivity index (χ2n) is 5.19. The van der Waals surface area contributed by atoms with Gasteiger partial charge in [0.05, 0.1) is 12.2 Å². The third-order valence-corrected chi connectivity index (χ3v) is 2.46. The fourth-order valence-electron chi connectivity index (χ4n) is 1.59. The predicted octanol–water partition coefficient (Wildman–Crippen LogP) is 3.45. The fourth-order valence-corrected chi connectivity index (χ4v) is 1.59. The Morgan fingerprint density at radius 2 is 2.06 bits per heavy atom. The largest absolute Gasteiger partial charge is 0.475 e. The Morgan fingerprint density at radius 3 is 2.67 bits per heavy atom. The summed E-state index contributed by atoms with van der Waals surface area (Å²) in [5, 5.41) is 9.63. The number of aromatic carboxylic acids is 1. The van der Waals surface area contributed by atoms with Gasteiger partial charge in [-0.05, 0) is 44.5 Å². The van der Waals surface area contributed by atoms with Gasteiger partial charge < -0.3 is 14.3 Å². The lowest BCUT2D eigenvalue weighted by atomic mass is 10.1. The van der Waals surface area contributed by atoms with Crippen molar-refractivity contribution in [3.8, 4) is 0 Å².